The quantitative estimate of drug-likeness (QED) is 0.873. The second-order valence-corrected chi connectivity index (χ2v) is 4.40. The Kier molecular flexibility index (Phi) is 2.70. The van der Waals surface area contributed by atoms with Crippen LogP contribution in [0.1, 0.15) is 15.5 Å². The zero-order chi connectivity index (χ0) is 11.7. The van der Waals surface area contributed by atoms with Crippen LogP contribution in [-0.4, -0.2) is 16.1 Å². The Balaban J connectivity index is 2.64. The number of nitrogens with zero attached hydrogens (tertiary/aromatic N) is 1. The molecule has 0 saturated carbocycles. The molecule has 82 valence electrons. The first-order valence-corrected chi connectivity index (χ1v) is 5.37. The Morgan fingerprint density at radius 3 is 2.75 bits per heavy atom. The number of carboxylic acids is 1. The van der Waals surface area contributed by atoms with Crippen molar-refractivity contribution in [1.29, 1.82) is 0 Å². The molecular weight excluding hydrogens is 229 g/mol. The number of halogens is 1. The minimum Gasteiger partial charge on any atom is -0.476 e. The van der Waals surface area contributed by atoms with Crippen molar-refractivity contribution in [3.8, 4) is 10.4 Å². The third-order valence-corrected chi connectivity index (χ3v) is 3.06. The third-order valence-electron chi connectivity index (χ3n) is 2.06. The number of aromatic carboxylic acids is 1. The zero-order valence-corrected chi connectivity index (χ0v) is 9.21. The van der Waals surface area contributed by atoms with Gasteiger partial charge in [0, 0.05) is 5.56 Å². The van der Waals surface area contributed by atoms with E-state index in [1.54, 1.807) is 25.1 Å². The van der Waals surface area contributed by atoms with E-state index in [9.17, 15) is 9.18 Å². The number of hydrogen-bond donors (Lipinski definition) is 1. The average molecular weight is 237 g/mol. The molecule has 0 atom stereocenters. The topological polar surface area (TPSA) is 50.2 Å². The Morgan fingerprint density at radius 1 is 1.44 bits per heavy atom. The summed E-state index contributed by atoms with van der Waals surface area (Å²) in [5.74, 6) is -1.57. The van der Waals surface area contributed by atoms with Crippen LogP contribution in [-0.2, 0) is 0 Å². The highest BCUT2D eigenvalue weighted by Crippen LogP contribution is 2.31. The van der Waals surface area contributed by atoms with Crippen molar-refractivity contribution in [3.05, 3.63) is 40.8 Å². The molecular formula is C11H8FNO2S. The number of carbonyl (C=O) groups is 1. The largest absolute Gasteiger partial charge is 0.476 e. The summed E-state index contributed by atoms with van der Waals surface area (Å²) >= 11 is 1.18. The van der Waals surface area contributed by atoms with Crippen molar-refractivity contribution >= 4 is 17.3 Å². The Labute approximate surface area is 95.2 Å². The van der Waals surface area contributed by atoms with Crippen molar-refractivity contribution in [3.63, 3.8) is 0 Å². The van der Waals surface area contributed by atoms with Gasteiger partial charge in [0.2, 0.25) is 0 Å². The smallest absolute Gasteiger partial charge is 0.356 e. The number of carboxylic acid groups (broad SMARTS) is 1. The minimum absolute atomic E-state index is 0.0902. The Hall–Kier alpha value is -1.75. The SMILES string of the molecule is Cc1nc(C(=O)O)c(-c2ccccc2F)s1. The lowest BCUT2D eigenvalue weighted by molar-refractivity contribution is 0.0692. The molecule has 0 aliphatic heterocycles. The van der Waals surface area contributed by atoms with Crippen LogP contribution in [0.15, 0.2) is 24.3 Å². The van der Waals surface area contributed by atoms with Gasteiger partial charge in [-0.05, 0) is 13.0 Å². The molecule has 1 aromatic carbocycles. The predicted octanol–water partition coefficient (Wildman–Crippen LogP) is 2.96. The number of hydrogen-bond acceptors (Lipinski definition) is 3. The maximum atomic E-state index is 13.5. The van der Waals surface area contributed by atoms with Gasteiger partial charge in [-0.1, -0.05) is 18.2 Å². The highest BCUT2D eigenvalue weighted by molar-refractivity contribution is 7.15. The minimum atomic E-state index is -1.14. The molecule has 1 aromatic heterocycles. The summed E-state index contributed by atoms with van der Waals surface area (Å²) in [5.41, 5.74) is 0.193. The van der Waals surface area contributed by atoms with Gasteiger partial charge in [0.25, 0.3) is 0 Å². The van der Waals surface area contributed by atoms with Gasteiger partial charge in [0.15, 0.2) is 5.69 Å². The first kappa shape index (κ1) is 10.8. The molecule has 5 heteroatoms. The molecule has 0 radical (unpaired) electrons. The first-order chi connectivity index (χ1) is 7.59. The number of aromatic nitrogens is 1. The van der Waals surface area contributed by atoms with Gasteiger partial charge in [-0.25, -0.2) is 14.2 Å². The van der Waals surface area contributed by atoms with Gasteiger partial charge in [-0.3, -0.25) is 0 Å². The standard InChI is InChI=1S/C11H8FNO2S/c1-6-13-9(11(14)15)10(16-6)7-4-2-3-5-8(7)12/h2-5H,1H3,(H,14,15). The monoisotopic (exact) mass is 237 g/mol. The molecule has 0 aliphatic carbocycles. The molecule has 0 fully saturated rings. The normalized spacial score (nSPS) is 10.4. The van der Waals surface area contributed by atoms with E-state index >= 15 is 0 Å². The molecule has 1 N–H and O–H groups in total. The third kappa shape index (κ3) is 1.81. The summed E-state index contributed by atoms with van der Waals surface area (Å²) in [4.78, 5) is 15.2. The molecule has 1 heterocycles. The maximum absolute atomic E-state index is 13.5. The summed E-state index contributed by atoms with van der Waals surface area (Å²) in [6.45, 7) is 1.70. The molecule has 3 nitrogen and oxygen atoms in total. The van der Waals surface area contributed by atoms with Crippen LogP contribution in [0.5, 0.6) is 0 Å². The van der Waals surface area contributed by atoms with Gasteiger partial charge in [-0.2, -0.15) is 0 Å². The van der Waals surface area contributed by atoms with Crippen molar-refractivity contribution in [2.75, 3.05) is 0 Å². The number of thiazole rings is 1. The van der Waals surface area contributed by atoms with Gasteiger partial charge in [0.1, 0.15) is 5.82 Å². The van der Waals surface area contributed by atoms with E-state index in [1.165, 1.54) is 17.4 Å². The van der Waals surface area contributed by atoms with Crippen LogP contribution in [0.3, 0.4) is 0 Å². The van der Waals surface area contributed by atoms with Crippen molar-refractivity contribution in [1.82, 2.24) is 4.98 Å². The van der Waals surface area contributed by atoms with Crippen molar-refractivity contribution in [2.45, 2.75) is 6.92 Å². The summed E-state index contributed by atoms with van der Waals surface area (Å²) in [7, 11) is 0. The molecule has 0 saturated heterocycles. The van der Waals surface area contributed by atoms with E-state index in [0.717, 1.165) is 0 Å². The second kappa shape index (κ2) is 4.02. The molecule has 2 rings (SSSR count). The summed E-state index contributed by atoms with van der Waals surface area (Å²) in [6, 6.07) is 6.08. The lowest BCUT2D eigenvalue weighted by Gasteiger charge is -1.99. The highest BCUT2D eigenvalue weighted by Gasteiger charge is 2.19. The lowest BCUT2D eigenvalue weighted by Crippen LogP contribution is -1.99. The predicted molar refractivity (Wildman–Crippen MR) is 59.2 cm³/mol. The zero-order valence-electron chi connectivity index (χ0n) is 8.40. The van der Waals surface area contributed by atoms with Crippen LogP contribution in [0.25, 0.3) is 10.4 Å². The van der Waals surface area contributed by atoms with Crippen LogP contribution in [0.2, 0.25) is 0 Å². The summed E-state index contributed by atoms with van der Waals surface area (Å²) in [6.07, 6.45) is 0. The lowest BCUT2D eigenvalue weighted by atomic mass is 10.1. The fourth-order valence-corrected chi connectivity index (χ4v) is 2.34. The molecule has 0 unspecified atom stereocenters. The van der Waals surface area contributed by atoms with E-state index in [0.29, 0.717) is 9.88 Å². The van der Waals surface area contributed by atoms with E-state index in [1.807, 2.05) is 0 Å². The summed E-state index contributed by atoms with van der Waals surface area (Å²) in [5, 5.41) is 9.56. The number of rotatable bonds is 2. The van der Waals surface area contributed by atoms with E-state index in [-0.39, 0.29) is 11.3 Å². The number of aryl methyl sites for hydroxylation is 1. The van der Waals surface area contributed by atoms with Gasteiger partial charge in [0.05, 0.1) is 9.88 Å². The molecule has 0 spiro atoms. The second-order valence-electron chi connectivity index (χ2n) is 3.20. The van der Waals surface area contributed by atoms with Crippen LogP contribution in [0.4, 0.5) is 4.39 Å². The maximum Gasteiger partial charge on any atom is 0.356 e. The van der Waals surface area contributed by atoms with Gasteiger partial charge >= 0.3 is 5.97 Å². The van der Waals surface area contributed by atoms with E-state index in [4.69, 9.17) is 5.11 Å². The fraction of sp³-hybridized carbons (Fsp3) is 0.0909. The molecule has 0 aliphatic rings. The van der Waals surface area contributed by atoms with Crippen molar-refractivity contribution in [2.24, 2.45) is 0 Å². The van der Waals surface area contributed by atoms with Crippen LogP contribution < -0.4 is 0 Å². The molecule has 0 amide bonds. The molecule has 2 aromatic rings. The molecule has 16 heavy (non-hydrogen) atoms. The number of benzene rings is 1. The first-order valence-electron chi connectivity index (χ1n) is 4.55. The van der Waals surface area contributed by atoms with Gasteiger partial charge in [-0.15, -0.1) is 11.3 Å². The Morgan fingerprint density at radius 2 is 2.12 bits per heavy atom. The summed E-state index contributed by atoms with van der Waals surface area (Å²) < 4.78 is 13.5. The van der Waals surface area contributed by atoms with Crippen molar-refractivity contribution < 1.29 is 14.3 Å². The van der Waals surface area contributed by atoms with Crippen LogP contribution in [0, 0.1) is 12.7 Å². The average Bonchev–Trinajstić information content (AvgIpc) is 2.61. The Bertz CT molecular complexity index is 551. The van der Waals surface area contributed by atoms with Gasteiger partial charge < -0.3 is 5.11 Å². The van der Waals surface area contributed by atoms with E-state index in [2.05, 4.69) is 4.98 Å². The highest BCUT2D eigenvalue weighted by atomic mass is 32.1. The molecule has 0 bridgehead atoms. The van der Waals surface area contributed by atoms with Crippen LogP contribution >= 0.6 is 11.3 Å². The fourth-order valence-electron chi connectivity index (χ4n) is 1.40. The van der Waals surface area contributed by atoms with E-state index < -0.39 is 11.8 Å².